The zero-order valence-corrected chi connectivity index (χ0v) is 19.8. The van der Waals surface area contributed by atoms with Gasteiger partial charge < -0.3 is 10.1 Å². The molecule has 5 rings (SSSR count). The van der Waals surface area contributed by atoms with Crippen LogP contribution >= 0.6 is 0 Å². The van der Waals surface area contributed by atoms with Crippen molar-refractivity contribution in [1.82, 2.24) is 15.1 Å². The van der Waals surface area contributed by atoms with Crippen molar-refractivity contribution >= 4 is 17.7 Å². The Hall–Kier alpha value is -3.03. The molecule has 7 nitrogen and oxygen atoms in total. The topological polar surface area (TPSA) is 79.0 Å². The largest absolute Gasteiger partial charge is 0.376 e. The van der Waals surface area contributed by atoms with Gasteiger partial charge in [-0.05, 0) is 62.4 Å². The van der Waals surface area contributed by atoms with E-state index in [2.05, 4.69) is 48.3 Å². The van der Waals surface area contributed by atoms with E-state index in [-0.39, 0.29) is 35.9 Å². The van der Waals surface area contributed by atoms with Crippen LogP contribution in [0.1, 0.15) is 68.9 Å². The molecule has 0 spiro atoms. The fraction of sp³-hybridized carbons (Fsp3) is 0.444. The van der Waals surface area contributed by atoms with Crippen molar-refractivity contribution < 1.29 is 19.1 Å². The lowest BCUT2D eigenvalue weighted by atomic mass is 9.94. The fourth-order valence-corrected chi connectivity index (χ4v) is 5.11. The fourth-order valence-electron chi connectivity index (χ4n) is 5.11. The highest BCUT2D eigenvalue weighted by Crippen LogP contribution is 2.27. The molecule has 34 heavy (non-hydrogen) atoms. The van der Waals surface area contributed by atoms with E-state index < -0.39 is 0 Å². The summed E-state index contributed by atoms with van der Waals surface area (Å²) in [6.07, 6.45) is 2.68. The van der Waals surface area contributed by atoms with Crippen LogP contribution < -0.4 is 5.32 Å². The second-order valence-corrected chi connectivity index (χ2v) is 10.1. The minimum Gasteiger partial charge on any atom is -0.376 e. The number of carbonyl (C=O) groups is 3. The zero-order chi connectivity index (χ0) is 23.9. The first-order chi connectivity index (χ1) is 16.3. The number of imide groups is 1. The van der Waals surface area contributed by atoms with Gasteiger partial charge in [0, 0.05) is 37.3 Å². The minimum absolute atomic E-state index is 0.103. The van der Waals surface area contributed by atoms with Gasteiger partial charge in [0.1, 0.15) is 0 Å². The van der Waals surface area contributed by atoms with Gasteiger partial charge in [0.15, 0.2) is 0 Å². The van der Waals surface area contributed by atoms with Crippen LogP contribution in [0.5, 0.6) is 0 Å². The SMILES string of the molecule is CC(C)(CNC(=O)c1ccc2c(c1)C(=O)N(CC1CCCO1)C2=O)N1CCc2ccccc2C1. The zero-order valence-electron chi connectivity index (χ0n) is 19.8. The smallest absolute Gasteiger partial charge is 0.261 e. The molecule has 178 valence electrons. The number of hydrogen-bond acceptors (Lipinski definition) is 5. The molecule has 3 heterocycles. The summed E-state index contributed by atoms with van der Waals surface area (Å²) in [5, 5.41) is 3.04. The lowest BCUT2D eigenvalue weighted by Gasteiger charge is -2.41. The van der Waals surface area contributed by atoms with Crippen LogP contribution in [0.15, 0.2) is 42.5 Å². The number of nitrogens with one attached hydrogen (secondary N) is 1. The molecule has 0 radical (unpaired) electrons. The third kappa shape index (κ3) is 4.26. The molecule has 3 amide bonds. The normalized spacial score (nSPS) is 20.4. The third-order valence-corrected chi connectivity index (χ3v) is 7.31. The number of hydrogen-bond donors (Lipinski definition) is 1. The van der Waals surface area contributed by atoms with Crippen LogP contribution in [-0.2, 0) is 17.7 Å². The van der Waals surface area contributed by atoms with E-state index in [9.17, 15) is 14.4 Å². The van der Waals surface area contributed by atoms with E-state index in [1.807, 2.05) is 0 Å². The Labute approximate surface area is 200 Å². The van der Waals surface area contributed by atoms with Gasteiger partial charge in [0.05, 0.1) is 23.8 Å². The highest BCUT2D eigenvalue weighted by atomic mass is 16.5. The first-order valence-electron chi connectivity index (χ1n) is 12.1. The van der Waals surface area contributed by atoms with Crippen molar-refractivity contribution in [3.8, 4) is 0 Å². The van der Waals surface area contributed by atoms with E-state index in [1.54, 1.807) is 18.2 Å². The van der Waals surface area contributed by atoms with Crippen LogP contribution in [0.4, 0.5) is 0 Å². The van der Waals surface area contributed by atoms with Crippen molar-refractivity contribution in [2.24, 2.45) is 0 Å². The summed E-state index contributed by atoms with van der Waals surface area (Å²) in [5.74, 6) is -0.905. The number of rotatable bonds is 6. The summed E-state index contributed by atoms with van der Waals surface area (Å²) >= 11 is 0. The van der Waals surface area contributed by atoms with Crippen molar-refractivity contribution in [3.63, 3.8) is 0 Å². The molecule has 1 fully saturated rings. The number of benzene rings is 2. The standard InChI is InChI=1S/C27H31N3O4/c1-27(2,29-12-11-18-6-3-4-7-20(18)15-29)17-28-24(31)19-9-10-22-23(14-19)26(33)30(25(22)32)16-21-8-5-13-34-21/h3-4,6-7,9-10,14,21H,5,8,11-13,15-17H2,1-2H3,(H,28,31). The van der Waals surface area contributed by atoms with E-state index in [4.69, 9.17) is 4.74 Å². The van der Waals surface area contributed by atoms with Crippen molar-refractivity contribution in [1.29, 1.82) is 0 Å². The molecular formula is C27H31N3O4. The molecule has 3 aliphatic rings. The molecule has 7 heteroatoms. The number of amides is 3. The molecule has 1 saturated heterocycles. The average molecular weight is 462 g/mol. The molecule has 1 unspecified atom stereocenters. The molecule has 1 N–H and O–H groups in total. The van der Waals surface area contributed by atoms with Gasteiger partial charge in [-0.1, -0.05) is 24.3 Å². The molecule has 1 atom stereocenters. The Bertz CT molecular complexity index is 1140. The molecule has 0 saturated carbocycles. The first kappa shape index (κ1) is 22.7. The van der Waals surface area contributed by atoms with Gasteiger partial charge in [-0.2, -0.15) is 0 Å². The summed E-state index contributed by atoms with van der Waals surface area (Å²) in [6, 6.07) is 13.3. The van der Waals surface area contributed by atoms with Crippen LogP contribution in [0.25, 0.3) is 0 Å². The predicted octanol–water partition coefficient (Wildman–Crippen LogP) is 3.03. The molecule has 0 bridgehead atoms. The van der Waals surface area contributed by atoms with Crippen LogP contribution in [-0.4, -0.2) is 65.4 Å². The van der Waals surface area contributed by atoms with Crippen molar-refractivity contribution in [2.75, 3.05) is 26.2 Å². The third-order valence-electron chi connectivity index (χ3n) is 7.31. The summed E-state index contributed by atoms with van der Waals surface area (Å²) in [7, 11) is 0. The van der Waals surface area contributed by atoms with Gasteiger partial charge >= 0.3 is 0 Å². The number of nitrogens with zero attached hydrogens (tertiary/aromatic N) is 2. The van der Waals surface area contributed by atoms with Gasteiger partial charge in [-0.3, -0.25) is 24.2 Å². The minimum atomic E-state index is -0.350. The van der Waals surface area contributed by atoms with Gasteiger partial charge in [0.25, 0.3) is 17.7 Å². The molecule has 2 aromatic carbocycles. The molecule has 0 aromatic heterocycles. The number of ether oxygens (including phenoxy) is 1. The second-order valence-electron chi connectivity index (χ2n) is 10.1. The molecule has 3 aliphatic heterocycles. The van der Waals surface area contributed by atoms with Gasteiger partial charge in [0.2, 0.25) is 0 Å². The van der Waals surface area contributed by atoms with Crippen molar-refractivity contribution in [3.05, 3.63) is 70.3 Å². The molecule has 2 aromatic rings. The first-order valence-corrected chi connectivity index (χ1v) is 12.1. The van der Waals surface area contributed by atoms with Crippen LogP contribution in [0, 0.1) is 0 Å². The summed E-state index contributed by atoms with van der Waals surface area (Å²) in [4.78, 5) is 42.2. The Morgan fingerprint density at radius 3 is 2.62 bits per heavy atom. The molecular weight excluding hydrogens is 430 g/mol. The summed E-state index contributed by atoms with van der Waals surface area (Å²) < 4.78 is 5.59. The number of carbonyl (C=O) groups excluding carboxylic acids is 3. The van der Waals surface area contributed by atoms with Crippen LogP contribution in [0.3, 0.4) is 0 Å². The quantitative estimate of drug-likeness (QED) is 0.669. The second kappa shape index (κ2) is 8.96. The van der Waals surface area contributed by atoms with E-state index in [0.717, 1.165) is 32.4 Å². The summed E-state index contributed by atoms with van der Waals surface area (Å²) in [5.41, 5.74) is 3.53. The van der Waals surface area contributed by atoms with E-state index >= 15 is 0 Å². The lowest BCUT2D eigenvalue weighted by Crippen LogP contribution is -2.53. The van der Waals surface area contributed by atoms with Crippen LogP contribution in [0.2, 0.25) is 0 Å². The predicted molar refractivity (Wildman–Crippen MR) is 128 cm³/mol. The average Bonchev–Trinajstić information content (AvgIpc) is 3.45. The maximum absolute atomic E-state index is 13.0. The number of fused-ring (bicyclic) bond motifs is 2. The van der Waals surface area contributed by atoms with Gasteiger partial charge in [-0.15, -0.1) is 0 Å². The van der Waals surface area contributed by atoms with Crippen molar-refractivity contribution in [2.45, 2.75) is 51.3 Å². The lowest BCUT2D eigenvalue weighted by molar-refractivity contribution is 0.0475. The Morgan fingerprint density at radius 1 is 1.09 bits per heavy atom. The monoisotopic (exact) mass is 461 g/mol. The maximum atomic E-state index is 13.0. The highest BCUT2D eigenvalue weighted by molar-refractivity contribution is 6.22. The van der Waals surface area contributed by atoms with Gasteiger partial charge in [-0.25, -0.2) is 0 Å². The van der Waals surface area contributed by atoms with E-state index in [0.29, 0.717) is 29.8 Å². The Kier molecular flexibility index (Phi) is 6.00. The summed E-state index contributed by atoms with van der Waals surface area (Å²) in [6.45, 7) is 7.47. The van der Waals surface area contributed by atoms with E-state index in [1.165, 1.54) is 16.0 Å². The Balaban J connectivity index is 1.23. The molecule has 0 aliphatic carbocycles. The Morgan fingerprint density at radius 2 is 1.85 bits per heavy atom. The maximum Gasteiger partial charge on any atom is 0.261 e. The highest BCUT2D eigenvalue weighted by Gasteiger charge is 2.38.